The number of hydrogen-bond acceptors (Lipinski definition) is 3. The minimum Gasteiger partial charge on any atom is -0.328 e. The number of aromatic nitrogens is 3. The van der Waals surface area contributed by atoms with Crippen molar-refractivity contribution in [3.63, 3.8) is 0 Å². The molecule has 4 heteroatoms. The molecule has 0 aliphatic heterocycles. The molecule has 1 heterocycles. The number of aryl methyl sites for hydroxylation is 1. The second-order valence-electron chi connectivity index (χ2n) is 4.15. The molecular weight excluding hydrogens is 176 g/mol. The van der Waals surface area contributed by atoms with E-state index in [9.17, 15) is 0 Å². The Kier molecular flexibility index (Phi) is 2.82. The van der Waals surface area contributed by atoms with E-state index in [1.807, 2.05) is 6.33 Å². The minimum absolute atomic E-state index is 0.367. The molecule has 78 valence electrons. The molecule has 1 aliphatic carbocycles. The predicted molar refractivity (Wildman–Crippen MR) is 54.9 cm³/mol. The lowest BCUT2D eigenvalue weighted by Crippen LogP contribution is -2.15. The smallest absolute Gasteiger partial charge is 0.135 e. The van der Waals surface area contributed by atoms with Crippen molar-refractivity contribution in [1.82, 2.24) is 14.8 Å². The molecule has 2 rings (SSSR count). The number of rotatable bonds is 3. The van der Waals surface area contributed by atoms with Crippen molar-refractivity contribution in [3.8, 4) is 0 Å². The van der Waals surface area contributed by atoms with Gasteiger partial charge >= 0.3 is 0 Å². The molecule has 0 aromatic carbocycles. The maximum Gasteiger partial charge on any atom is 0.135 e. The van der Waals surface area contributed by atoms with Gasteiger partial charge in [0.25, 0.3) is 0 Å². The van der Waals surface area contributed by atoms with Crippen LogP contribution in [-0.4, -0.2) is 20.8 Å². The summed E-state index contributed by atoms with van der Waals surface area (Å²) in [6.07, 6.45) is 6.34. The lowest BCUT2D eigenvalue weighted by Gasteiger charge is -2.10. The molecule has 1 aromatic rings. The van der Waals surface area contributed by atoms with Crippen molar-refractivity contribution >= 4 is 0 Å². The second kappa shape index (κ2) is 4.09. The second-order valence-corrected chi connectivity index (χ2v) is 4.15. The molecule has 1 fully saturated rings. The van der Waals surface area contributed by atoms with Crippen LogP contribution in [0.4, 0.5) is 0 Å². The summed E-state index contributed by atoms with van der Waals surface area (Å²) in [6.45, 7) is 3.19. The Morgan fingerprint density at radius 1 is 1.57 bits per heavy atom. The lowest BCUT2D eigenvalue weighted by molar-refractivity contribution is 0.567. The average molecular weight is 194 g/mol. The number of nitrogens with two attached hydrogens (primary N) is 1. The molecule has 1 aliphatic rings. The molecule has 2 N–H and O–H groups in total. The molecule has 0 bridgehead atoms. The summed E-state index contributed by atoms with van der Waals surface area (Å²) >= 11 is 0. The van der Waals surface area contributed by atoms with E-state index in [2.05, 4.69) is 21.7 Å². The van der Waals surface area contributed by atoms with Gasteiger partial charge in [0.1, 0.15) is 12.2 Å². The Bertz CT molecular complexity index is 294. The van der Waals surface area contributed by atoms with Gasteiger partial charge < -0.3 is 10.3 Å². The molecular formula is C10H18N4. The lowest BCUT2D eigenvalue weighted by atomic mass is 10.1. The largest absolute Gasteiger partial charge is 0.328 e. The molecule has 4 nitrogen and oxygen atoms in total. The fourth-order valence-corrected chi connectivity index (χ4v) is 2.24. The van der Waals surface area contributed by atoms with Gasteiger partial charge in [-0.2, -0.15) is 0 Å². The summed E-state index contributed by atoms with van der Waals surface area (Å²) in [5, 5.41) is 8.19. The molecule has 2 unspecified atom stereocenters. The molecule has 14 heavy (non-hydrogen) atoms. The molecule has 2 atom stereocenters. The Morgan fingerprint density at radius 2 is 2.43 bits per heavy atom. The zero-order valence-corrected chi connectivity index (χ0v) is 8.69. The van der Waals surface area contributed by atoms with Crippen LogP contribution in [-0.2, 0) is 6.54 Å². The van der Waals surface area contributed by atoms with Gasteiger partial charge in [-0.3, -0.25) is 0 Å². The number of nitrogens with zero attached hydrogens (tertiary/aromatic N) is 3. The molecule has 0 amide bonds. The third kappa shape index (κ3) is 1.80. The summed E-state index contributed by atoms with van der Waals surface area (Å²) < 4.78 is 2.17. The van der Waals surface area contributed by atoms with Gasteiger partial charge in [0.15, 0.2) is 0 Å². The van der Waals surface area contributed by atoms with E-state index in [1.165, 1.54) is 6.42 Å². The summed E-state index contributed by atoms with van der Waals surface area (Å²) in [5.74, 6) is 1.68. The van der Waals surface area contributed by atoms with Crippen LogP contribution in [0.2, 0.25) is 0 Å². The van der Waals surface area contributed by atoms with Gasteiger partial charge in [-0.05, 0) is 25.7 Å². The SMILES string of the molecule is CCCn1cnnc1C1CCC(N)C1. The van der Waals surface area contributed by atoms with Crippen molar-refractivity contribution in [2.75, 3.05) is 0 Å². The van der Waals surface area contributed by atoms with Gasteiger partial charge in [-0.15, -0.1) is 10.2 Å². The van der Waals surface area contributed by atoms with Crippen LogP contribution in [0.3, 0.4) is 0 Å². The van der Waals surface area contributed by atoms with Crippen molar-refractivity contribution in [1.29, 1.82) is 0 Å². The van der Waals surface area contributed by atoms with Gasteiger partial charge in [0.2, 0.25) is 0 Å². The topological polar surface area (TPSA) is 56.7 Å². The first-order valence-corrected chi connectivity index (χ1v) is 5.44. The van der Waals surface area contributed by atoms with Crippen molar-refractivity contribution < 1.29 is 0 Å². The normalized spacial score (nSPS) is 27.0. The highest BCUT2D eigenvalue weighted by molar-refractivity contribution is 5.01. The summed E-state index contributed by atoms with van der Waals surface area (Å²) in [7, 11) is 0. The Labute approximate surface area is 84.5 Å². The zero-order valence-electron chi connectivity index (χ0n) is 8.69. The van der Waals surface area contributed by atoms with Crippen molar-refractivity contribution in [2.45, 2.75) is 51.1 Å². The van der Waals surface area contributed by atoms with Crippen molar-refractivity contribution in [2.24, 2.45) is 5.73 Å². The van der Waals surface area contributed by atoms with Gasteiger partial charge in [-0.25, -0.2) is 0 Å². The van der Waals surface area contributed by atoms with Gasteiger partial charge in [0.05, 0.1) is 0 Å². The third-order valence-electron chi connectivity index (χ3n) is 2.95. The quantitative estimate of drug-likeness (QED) is 0.788. The summed E-state index contributed by atoms with van der Waals surface area (Å²) in [5.41, 5.74) is 5.90. The zero-order chi connectivity index (χ0) is 9.97. The first-order valence-electron chi connectivity index (χ1n) is 5.44. The van der Waals surface area contributed by atoms with E-state index in [0.29, 0.717) is 12.0 Å². The van der Waals surface area contributed by atoms with Gasteiger partial charge in [0, 0.05) is 18.5 Å². The summed E-state index contributed by atoms with van der Waals surface area (Å²) in [4.78, 5) is 0. The Hall–Kier alpha value is -0.900. The van der Waals surface area contributed by atoms with Crippen LogP contribution < -0.4 is 5.73 Å². The summed E-state index contributed by atoms with van der Waals surface area (Å²) in [6, 6.07) is 0.367. The fraction of sp³-hybridized carbons (Fsp3) is 0.800. The van der Waals surface area contributed by atoms with Crippen LogP contribution >= 0.6 is 0 Å². The van der Waals surface area contributed by atoms with E-state index < -0.39 is 0 Å². The van der Waals surface area contributed by atoms with Gasteiger partial charge in [-0.1, -0.05) is 6.92 Å². The van der Waals surface area contributed by atoms with Crippen LogP contribution in [0, 0.1) is 0 Å². The fourth-order valence-electron chi connectivity index (χ4n) is 2.24. The molecule has 1 aromatic heterocycles. The van der Waals surface area contributed by atoms with Crippen LogP contribution in [0.5, 0.6) is 0 Å². The standard InChI is InChI=1S/C10H18N4/c1-2-5-14-7-12-13-10(14)8-3-4-9(11)6-8/h7-9H,2-6,11H2,1H3. The average Bonchev–Trinajstić information content (AvgIpc) is 2.74. The highest BCUT2D eigenvalue weighted by Gasteiger charge is 2.26. The predicted octanol–water partition coefficient (Wildman–Crippen LogP) is 1.28. The van der Waals surface area contributed by atoms with Crippen LogP contribution in [0.15, 0.2) is 6.33 Å². The van der Waals surface area contributed by atoms with E-state index in [-0.39, 0.29) is 0 Å². The van der Waals surface area contributed by atoms with E-state index in [4.69, 9.17) is 5.73 Å². The van der Waals surface area contributed by atoms with E-state index in [1.54, 1.807) is 0 Å². The highest BCUT2D eigenvalue weighted by atomic mass is 15.3. The van der Waals surface area contributed by atoms with Crippen LogP contribution in [0.25, 0.3) is 0 Å². The van der Waals surface area contributed by atoms with Crippen LogP contribution in [0.1, 0.15) is 44.3 Å². The first kappa shape index (κ1) is 9.65. The molecule has 0 spiro atoms. The highest BCUT2D eigenvalue weighted by Crippen LogP contribution is 2.32. The van der Waals surface area contributed by atoms with E-state index in [0.717, 1.165) is 31.6 Å². The Morgan fingerprint density at radius 3 is 3.07 bits per heavy atom. The minimum atomic E-state index is 0.367. The number of hydrogen-bond donors (Lipinski definition) is 1. The van der Waals surface area contributed by atoms with E-state index >= 15 is 0 Å². The monoisotopic (exact) mass is 194 g/mol. The molecule has 1 saturated carbocycles. The first-order chi connectivity index (χ1) is 6.81. The third-order valence-corrected chi connectivity index (χ3v) is 2.95. The maximum atomic E-state index is 5.90. The Balaban J connectivity index is 2.11. The van der Waals surface area contributed by atoms with Crippen molar-refractivity contribution in [3.05, 3.63) is 12.2 Å². The maximum absolute atomic E-state index is 5.90. The molecule has 0 radical (unpaired) electrons. The molecule has 0 saturated heterocycles.